The Hall–Kier alpha value is -0.830. The fraction of sp³-hybridized carbons (Fsp3) is 0.667. The van der Waals surface area contributed by atoms with Crippen molar-refractivity contribution >= 4 is 5.97 Å². The van der Waals surface area contributed by atoms with Crippen molar-refractivity contribution in [3.63, 3.8) is 0 Å². The van der Waals surface area contributed by atoms with Gasteiger partial charge >= 0.3 is 5.97 Å². The van der Waals surface area contributed by atoms with Crippen LogP contribution in [0.15, 0.2) is 12.2 Å². The van der Waals surface area contributed by atoms with Crippen LogP contribution in [0.2, 0.25) is 0 Å². The Morgan fingerprint density at radius 2 is 2.17 bits per heavy atom. The Kier molecular flexibility index (Phi) is 1.89. The van der Waals surface area contributed by atoms with Crippen LogP contribution in [0.1, 0.15) is 19.3 Å². The smallest absolute Gasteiger partial charge is 0.306 e. The summed E-state index contributed by atoms with van der Waals surface area (Å²) in [6, 6.07) is 0. The molecule has 2 rings (SSSR count). The molecule has 12 heavy (non-hydrogen) atoms. The molecule has 0 aromatic carbocycles. The summed E-state index contributed by atoms with van der Waals surface area (Å²) in [5.74, 6) is -0.146. The number of carbonyl (C=O) groups excluding carboxylic acids is 1. The van der Waals surface area contributed by atoms with E-state index < -0.39 is 6.10 Å². The number of carbonyl (C=O) groups is 1. The van der Waals surface area contributed by atoms with Gasteiger partial charge in [0.05, 0.1) is 12.5 Å². The molecule has 0 bridgehead atoms. The molecular formula is C9H12O3. The van der Waals surface area contributed by atoms with Crippen molar-refractivity contribution in [2.75, 3.05) is 0 Å². The summed E-state index contributed by atoms with van der Waals surface area (Å²) in [7, 11) is 0. The number of hydrogen-bond acceptors (Lipinski definition) is 3. The Balaban J connectivity index is 2.14. The molecule has 0 saturated carbocycles. The molecule has 1 fully saturated rings. The van der Waals surface area contributed by atoms with Gasteiger partial charge in [0.25, 0.3) is 0 Å². The Morgan fingerprint density at radius 3 is 3.00 bits per heavy atom. The second-order valence-corrected chi connectivity index (χ2v) is 3.41. The van der Waals surface area contributed by atoms with Crippen molar-refractivity contribution in [1.82, 2.24) is 0 Å². The fourth-order valence-corrected chi connectivity index (χ4v) is 1.88. The zero-order valence-electron chi connectivity index (χ0n) is 6.77. The lowest BCUT2D eigenvalue weighted by Gasteiger charge is -2.17. The van der Waals surface area contributed by atoms with Crippen LogP contribution in [0.5, 0.6) is 0 Å². The average Bonchev–Trinajstić information content (AvgIpc) is 2.33. The molecule has 3 heteroatoms. The molecule has 1 heterocycles. The van der Waals surface area contributed by atoms with Crippen molar-refractivity contribution < 1.29 is 14.6 Å². The summed E-state index contributed by atoms with van der Waals surface area (Å²) in [6.45, 7) is 0. The topological polar surface area (TPSA) is 46.5 Å². The van der Waals surface area contributed by atoms with Gasteiger partial charge in [0.2, 0.25) is 0 Å². The largest absolute Gasteiger partial charge is 0.462 e. The standard InChI is InChI=1S/C9H12O3/c10-7-3-1-2-4-8-6(7)5-9(11)12-8/h1-2,6-8,10H,3-5H2/t6-,7+,8-/m0/s1. The van der Waals surface area contributed by atoms with Gasteiger partial charge in [-0.15, -0.1) is 0 Å². The lowest BCUT2D eigenvalue weighted by atomic mass is 9.93. The van der Waals surface area contributed by atoms with E-state index in [0.29, 0.717) is 12.8 Å². The summed E-state index contributed by atoms with van der Waals surface area (Å²) < 4.78 is 5.07. The maximum atomic E-state index is 10.9. The number of hydrogen-bond donors (Lipinski definition) is 1. The zero-order valence-corrected chi connectivity index (χ0v) is 6.77. The summed E-state index contributed by atoms with van der Waals surface area (Å²) >= 11 is 0. The van der Waals surface area contributed by atoms with Crippen LogP contribution in [-0.2, 0) is 9.53 Å². The molecule has 0 radical (unpaired) electrons. The summed E-state index contributed by atoms with van der Waals surface area (Å²) in [5, 5.41) is 9.59. The highest BCUT2D eigenvalue weighted by molar-refractivity contribution is 5.72. The third kappa shape index (κ3) is 1.25. The lowest BCUT2D eigenvalue weighted by molar-refractivity contribution is -0.141. The first-order chi connectivity index (χ1) is 5.77. The van der Waals surface area contributed by atoms with E-state index in [0.717, 1.165) is 6.42 Å². The van der Waals surface area contributed by atoms with Crippen molar-refractivity contribution in [3.05, 3.63) is 12.2 Å². The van der Waals surface area contributed by atoms with Gasteiger partial charge in [0.1, 0.15) is 6.10 Å². The van der Waals surface area contributed by atoms with E-state index in [1.165, 1.54) is 0 Å². The van der Waals surface area contributed by atoms with Gasteiger partial charge in [-0.2, -0.15) is 0 Å². The van der Waals surface area contributed by atoms with E-state index in [-0.39, 0.29) is 18.0 Å². The predicted molar refractivity (Wildman–Crippen MR) is 42.4 cm³/mol. The predicted octanol–water partition coefficient (Wildman–Crippen LogP) is 0.629. The first-order valence-corrected chi connectivity index (χ1v) is 4.30. The maximum absolute atomic E-state index is 10.9. The maximum Gasteiger partial charge on any atom is 0.306 e. The first kappa shape index (κ1) is 7.80. The van der Waals surface area contributed by atoms with Gasteiger partial charge in [-0.3, -0.25) is 4.79 Å². The minimum Gasteiger partial charge on any atom is -0.462 e. The molecule has 2 aliphatic rings. The fourth-order valence-electron chi connectivity index (χ4n) is 1.88. The van der Waals surface area contributed by atoms with Gasteiger partial charge in [-0.05, 0) is 6.42 Å². The zero-order chi connectivity index (χ0) is 8.55. The van der Waals surface area contributed by atoms with Gasteiger partial charge in [0, 0.05) is 12.3 Å². The second kappa shape index (κ2) is 2.90. The number of aliphatic hydroxyl groups is 1. The SMILES string of the molecule is O=C1C[C@H]2[C@H](O)CC=CC[C@@H]2O1. The third-order valence-electron chi connectivity index (χ3n) is 2.57. The molecule has 0 unspecified atom stereocenters. The van der Waals surface area contributed by atoms with Gasteiger partial charge in [-0.1, -0.05) is 12.2 Å². The highest BCUT2D eigenvalue weighted by Gasteiger charge is 2.39. The Morgan fingerprint density at radius 1 is 1.42 bits per heavy atom. The van der Waals surface area contributed by atoms with Crippen molar-refractivity contribution in [3.8, 4) is 0 Å². The molecule has 1 aliphatic carbocycles. The summed E-state index contributed by atoms with van der Waals surface area (Å²) in [5.41, 5.74) is 0. The molecule has 66 valence electrons. The molecule has 1 N–H and O–H groups in total. The van der Waals surface area contributed by atoms with Crippen LogP contribution in [0.3, 0.4) is 0 Å². The molecule has 0 aromatic rings. The number of esters is 1. The second-order valence-electron chi connectivity index (χ2n) is 3.41. The van der Waals surface area contributed by atoms with E-state index in [9.17, 15) is 9.90 Å². The van der Waals surface area contributed by atoms with Crippen LogP contribution < -0.4 is 0 Å². The minimum absolute atomic E-state index is 0.0208. The molecule has 3 nitrogen and oxygen atoms in total. The quantitative estimate of drug-likeness (QED) is 0.426. The summed E-state index contributed by atoms with van der Waals surface area (Å²) in [6.07, 6.45) is 5.24. The summed E-state index contributed by atoms with van der Waals surface area (Å²) in [4.78, 5) is 10.9. The van der Waals surface area contributed by atoms with E-state index in [2.05, 4.69) is 0 Å². The minimum atomic E-state index is -0.403. The molecular weight excluding hydrogens is 156 g/mol. The van der Waals surface area contributed by atoms with E-state index in [1.807, 2.05) is 12.2 Å². The van der Waals surface area contributed by atoms with Crippen LogP contribution in [0.4, 0.5) is 0 Å². The molecule has 1 saturated heterocycles. The van der Waals surface area contributed by atoms with Crippen molar-refractivity contribution in [2.24, 2.45) is 5.92 Å². The lowest BCUT2D eigenvalue weighted by Crippen LogP contribution is -2.26. The number of rotatable bonds is 0. The van der Waals surface area contributed by atoms with Crippen molar-refractivity contribution in [1.29, 1.82) is 0 Å². The van der Waals surface area contributed by atoms with E-state index >= 15 is 0 Å². The highest BCUT2D eigenvalue weighted by atomic mass is 16.6. The van der Waals surface area contributed by atoms with E-state index in [4.69, 9.17) is 4.74 Å². The van der Waals surface area contributed by atoms with Crippen LogP contribution >= 0.6 is 0 Å². The Labute approximate surface area is 71.0 Å². The van der Waals surface area contributed by atoms with Crippen molar-refractivity contribution in [2.45, 2.75) is 31.5 Å². The molecule has 0 spiro atoms. The molecule has 1 aliphatic heterocycles. The number of fused-ring (bicyclic) bond motifs is 1. The number of ether oxygens (including phenoxy) is 1. The normalized spacial score (nSPS) is 40.4. The third-order valence-corrected chi connectivity index (χ3v) is 2.57. The Bertz CT molecular complexity index is 222. The monoisotopic (exact) mass is 168 g/mol. The van der Waals surface area contributed by atoms with Gasteiger partial charge in [-0.25, -0.2) is 0 Å². The van der Waals surface area contributed by atoms with Crippen LogP contribution in [0, 0.1) is 5.92 Å². The molecule has 0 amide bonds. The van der Waals surface area contributed by atoms with Gasteiger partial charge < -0.3 is 9.84 Å². The van der Waals surface area contributed by atoms with Gasteiger partial charge in [0.15, 0.2) is 0 Å². The first-order valence-electron chi connectivity index (χ1n) is 4.30. The average molecular weight is 168 g/mol. The molecule has 3 atom stereocenters. The van der Waals surface area contributed by atoms with Crippen LogP contribution in [-0.4, -0.2) is 23.3 Å². The van der Waals surface area contributed by atoms with E-state index in [1.54, 1.807) is 0 Å². The molecule has 0 aromatic heterocycles. The number of aliphatic hydroxyl groups excluding tert-OH is 1. The van der Waals surface area contributed by atoms with Crippen LogP contribution in [0.25, 0.3) is 0 Å². The highest BCUT2D eigenvalue weighted by Crippen LogP contribution is 2.31.